The lowest BCUT2D eigenvalue weighted by atomic mass is 10.0. The number of aromatic nitrogens is 3. The minimum Gasteiger partial charge on any atom is -0.335 e. The molecule has 0 radical (unpaired) electrons. The molecule has 2 aromatic heterocycles. The summed E-state index contributed by atoms with van der Waals surface area (Å²) in [4.78, 5) is 18.3. The molecular formula is C22H35N3OS. The van der Waals surface area contributed by atoms with Gasteiger partial charge >= 0.3 is 4.87 Å². The maximum absolute atomic E-state index is 11.0. The normalized spacial score (nSPS) is 12.1. The van der Waals surface area contributed by atoms with E-state index in [1.54, 1.807) is 0 Å². The van der Waals surface area contributed by atoms with Gasteiger partial charge in [0.2, 0.25) is 0 Å². The summed E-state index contributed by atoms with van der Waals surface area (Å²) in [5, 5.41) is 0. The molecule has 150 valence electrons. The largest absolute Gasteiger partial charge is 0.335 e. The highest BCUT2D eigenvalue weighted by atomic mass is 32.1. The van der Waals surface area contributed by atoms with E-state index in [9.17, 15) is 4.79 Å². The van der Waals surface area contributed by atoms with Gasteiger partial charge in [0.1, 0.15) is 5.82 Å². The number of aryl methyl sites for hydroxylation is 3. The lowest BCUT2D eigenvalue weighted by molar-refractivity contribution is 0.522. The molecule has 27 heavy (non-hydrogen) atoms. The van der Waals surface area contributed by atoms with Gasteiger partial charge in [-0.15, -0.1) is 0 Å². The third kappa shape index (κ3) is 6.65. The van der Waals surface area contributed by atoms with Gasteiger partial charge in [0.15, 0.2) is 0 Å². The zero-order valence-corrected chi connectivity index (χ0v) is 18.7. The monoisotopic (exact) mass is 389 g/mol. The van der Waals surface area contributed by atoms with Crippen molar-refractivity contribution in [1.29, 1.82) is 0 Å². The summed E-state index contributed by atoms with van der Waals surface area (Å²) in [5.41, 5.74) is 3.39. The van der Waals surface area contributed by atoms with Crippen LogP contribution in [-0.4, -0.2) is 14.5 Å². The SMILES string of the molecule is CC.CC.CC(C)c1ccc2[nH]c(=O)sc2c1.Cc1cn2c(n1)CCCC2. The van der Waals surface area contributed by atoms with Crippen molar-refractivity contribution in [2.45, 2.75) is 80.2 Å². The third-order valence-electron chi connectivity index (χ3n) is 4.14. The lowest BCUT2D eigenvalue weighted by Gasteiger charge is -2.11. The summed E-state index contributed by atoms with van der Waals surface area (Å²) in [6.07, 6.45) is 5.96. The van der Waals surface area contributed by atoms with Crippen molar-refractivity contribution in [3.63, 3.8) is 0 Å². The highest BCUT2D eigenvalue weighted by Crippen LogP contribution is 2.21. The molecule has 0 bridgehead atoms. The quantitative estimate of drug-likeness (QED) is 0.531. The number of benzene rings is 1. The van der Waals surface area contributed by atoms with Crippen molar-refractivity contribution in [2.75, 3.05) is 0 Å². The smallest absolute Gasteiger partial charge is 0.305 e. The van der Waals surface area contributed by atoms with E-state index in [1.165, 1.54) is 48.5 Å². The van der Waals surface area contributed by atoms with Crippen LogP contribution in [0.3, 0.4) is 0 Å². The van der Waals surface area contributed by atoms with E-state index < -0.39 is 0 Å². The second-order valence-electron chi connectivity index (χ2n) is 6.37. The average Bonchev–Trinajstić information content (AvgIpc) is 3.25. The summed E-state index contributed by atoms with van der Waals surface area (Å²) in [6, 6.07) is 6.13. The van der Waals surface area contributed by atoms with Gasteiger partial charge in [-0.25, -0.2) is 4.98 Å². The Labute approximate surface area is 167 Å². The van der Waals surface area contributed by atoms with E-state index in [0.717, 1.165) is 15.9 Å². The maximum atomic E-state index is 11.0. The van der Waals surface area contributed by atoms with Crippen LogP contribution < -0.4 is 4.87 Å². The number of fused-ring (bicyclic) bond motifs is 2. The Balaban J connectivity index is 0.000000233. The molecule has 0 aliphatic carbocycles. The zero-order valence-electron chi connectivity index (χ0n) is 17.9. The molecule has 3 aromatic rings. The first-order chi connectivity index (χ1) is 13.0. The number of rotatable bonds is 1. The summed E-state index contributed by atoms with van der Waals surface area (Å²) >= 11 is 1.27. The van der Waals surface area contributed by atoms with E-state index in [2.05, 4.69) is 53.6 Å². The van der Waals surface area contributed by atoms with Gasteiger partial charge in [0, 0.05) is 19.2 Å². The molecule has 1 aliphatic heterocycles. The highest BCUT2D eigenvalue weighted by Gasteiger charge is 2.09. The topological polar surface area (TPSA) is 50.7 Å². The summed E-state index contributed by atoms with van der Waals surface area (Å²) < 4.78 is 3.33. The maximum Gasteiger partial charge on any atom is 0.305 e. The Morgan fingerprint density at radius 2 is 1.85 bits per heavy atom. The van der Waals surface area contributed by atoms with Crippen LogP contribution >= 0.6 is 11.3 Å². The first kappa shape index (κ1) is 23.2. The van der Waals surface area contributed by atoms with Crippen molar-refractivity contribution in [3.05, 3.63) is 51.1 Å². The molecule has 0 atom stereocenters. The standard InChI is InChI=1S/C10H11NOS.C8H12N2.2C2H6/c1-6(2)7-3-4-8-9(5-7)13-10(12)11-8;1-7-6-10-5-3-2-4-8(10)9-7;2*1-2/h3-6H,1-2H3,(H,11,12);6H,2-5H2,1H3;2*1-2H3. The van der Waals surface area contributed by atoms with Crippen molar-refractivity contribution in [1.82, 2.24) is 14.5 Å². The van der Waals surface area contributed by atoms with E-state index in [4.69, 9.17) is 0 Å². The lowest BCUT2D eigenvalue weighted by Crippen LogP contribution is -2.08. The Morgan fingerprint density at radius 1 is 1.15 bits per heavy atom. The van der Waals surface area contributed by atoms with Crippen LogP contribution in [-0.2, 0) is 13.0 Å². The summed E-state index contributed by atoms with van der Waals surface area (Å²) in [7, 11) is 0. The van der Waals surface area contributed by atoms with Gasteiger partial charge in [0.05, 0.1) is 15.9 Å². The number of nitrogens with one attached hydrogen (secondary N) is 1. The molecule has 0 amide bonds. The second kappa shape index (κ2) is 11.8. The van der Waals surface area contributed by atoms with Gasteiger partial charge in [-0.1, -0.05) is 58.9 Å². The molecule has 1 N–H and O–H groups in total. The average molecular weight is 390 g/mol. The van der Waals surface area contributed by atoms with Gasteiger partial charge in [0.25, 0.3) is 0 Å². The number of thiazole rings is 1. The molecule has 5 heteroatoms. The van der Waals surface area contributed by atoms with Crippen LogP contribution in [0.2, 0.25) is 0 Å². The molecule has 0 spiro atoms. The molecule has 4 nitrogen and oxygen atoms in total. The van der Waals surface area contributed by atoms with Crippen LogP contribution in [0.25, 0.3) is 10.2 Å². The van der Waals surface area contributed by atoms with E-state index in [-0.39, 0.29) is 4.87 Å². The highest BCUT2D eigenvalue weighted by molar-refractivity contribution is 7.16. The fraction of sp³-hybridized carbons (Fsp3) is 0.545. The summed E-state index contributed by atoms with van der Waals surface area (Å²) in [6.45, 7) is 15.5. The fourth-order valence-electron chi connectivity index (χ4n) is 2.88. The molecule has 0 saturated heterocycles. The molecule has 3 heterocycles. The Morgan fingerprint density at radius 3 is 2.48 bits per heavy atom. The predicted octanol–water partition coefficient (Wildman–Crippen LogP) is 6.29. The van der Waals surface area contributed by atoms with E-state index >= 15 is 0 Å². The Kier molecular flexibility index (Phi) is 10.1. The van der Waals surface area contributed by atoms with Gasteiger partial charge < -0.3 is 9.55 Å². The minimum absolute atomic E-state index is 0.0240. The van der Waals surface area contributed by atoms with E-state index in [0.29, 0.717) is 5.92 Å². The van der Waals surface area contributed by atoms with Gasteiger partial charge in [-0.2, -0.15) is 0 Å². The molecule has 0 unspecified atom stereocenters. The van der Waals surface area contributed by atoms with Gasteiger partial charge in [-0.05, 0) is 43.4 Å². The van der Waals surface area contributed by atoms with Crippen LogP contribution in [0.4, 0.5) is 0 Å². The Hall–Kier alpha value is -1.88. The number of H-pyrrole nitrogens is 1. The number of aromatic amines is 1. The van der Waals surface area contributed by atoms with Crippen molar-refractivity contribution in [2.24, 2.45) is 0 Å². The number of hydrogen-bond donors (Lipinski definition) is 1. The number of nitrogens with zero attached hydrogens (tertiary/aromatic N) is 2. The van der Waals surface area contributed by atoms with Crippen LogP contribution in [0, 0.1) is 6.92 Å². The Bertz CT molecular complexity index is 834. The first-order valence-corrected chi connectivity index (χ1v) is 11.0. The molecule has 1 aliphatic rings. The molecule has 1 aromatic carbocycles. The minimum atomic E-state index is 0.0240. The molecule has 4 rings (SSSR count). The van der Waals surface area contributed by atoms with Gasteiger partial charge in [-0.3, -0.25) is 4.79 Å². The fourth-order valence-corrected chi connectivity index (χ4v) is 3.66. The van der Waals surface area contributed by atoms with Crippen molar-refractivity contribution < 1.29 is 0 Å². The molecular weight excluding hydrogens is 354 g/mol. The number of imidazole rings is 1. The third-order valence-corrected chi connectivity index (χ3v) is 4.99. The van der Waals surface area contributed by atoms with Crippen LogP contribution in [0.5, 0.6) is 0 Å². The second-order valence-corrected chi connectivity index (χ2v) is 7.39. The van der Waals surface area contributed by atoms with E-state index in [1.807, 2.05) is 33.8 Å². The number of hydrogen-bond acceptors (Lipinski definition) is 3. The molecule has 0 saturated carbocycles. The predicted molar refractivity (Wildman–Crippen MR) is 119 cm³/mol. The van der Waals surface area contributed by atoms with Crippen molar-refractivity contribution >= 4 is 21.6 Å². The zero-order chi connectivity index (χ0) is 20.4. The molecule has 0 fully saturated rings. The summed E-state index contributed by atoms with van der Waals surface area (Å²) in [5.74, 6) is 1.80. The van der Waals surface area contributed by atoms with Crippen LogP contribution in [0.1, 0.15) is 77.4 Å². The van der Waals surface area contributed by atoms with Crippen LogP contribution in [0.15, 0.2) is 29.2 Å². The van der Waals surface area contributed by atoms with Crippen molar-refractivity contribution in [3.8, 4) is 0 Å². The first-order valence-electron chi connectivity index (χ1n) is 10.2.